The minimum absolute atomic E-state index is 0.239. The Kier molecular flexibility index (Phi) is 5.58. The Morgan fingerprint density at radius 1 is 1.25 bits per heavy atom. The second kappa shape index (κ2) is 7.21. The predicted molar refractivity (Wildman–Crippen MR) is 85.9 cm³/mol. The lowest BCUT2D eigenvalue weighted by atomic mass is 9.92. The van der Waals surface area contributed by atoms with E-state index in [1.54, 1.807) is 0 Å². The molecule has 2 aromatic carbocycles. The fourth-order valence-electron chi connectivity index (χ4n) is 2.30. The number of nitrogens with one attached hydrogen (secondary N) is 1. The lowest BCUT2D eigenvalue weighted by molar-refractivity contribution is 0.611. The summed E-state index contributed by atoms with van der Waals surface area (Å²) >= 11 is 9.51. The van der Waals surface area contributed by atoms with E-state index >= 15 is 0 Å². The Morgan fingerprint density at radius 2 is 2.00 bits per heavy atom. The van der Waals surface area contributed by atoms with Crippen LogP contribution in [-0.4, -0.2) is 13.6 Å². The largest absolute Gasteiger partial charge is 0.319 e. The maximum Gasteiger partial charge on any atom is 0.137 e. The summed E-state index contributed by atoms with van der Waals surface area (Å²) in [6.07, 6.45) is 0.809. The summed E-state index contributed by atoms with van der Waals surface area (Å²) in [6, 6.07) is 13.0. The van der Waals surface area contributed by atoms with Crippen LogP contribution >= 0.6 is 27.5 Å². The maximum atomic E-state index is 13.3. The van der Waals surface area contributed by atoms with Crippen molar-refractivity contribution in [1.82, 2.24) is 5.32 Å². The molecule has 0 aromatic heterocycles. The van der Waals surface area contributed by atoms with E-state index < -0.39 is 0 Å². The van der Waals surface area contributed by atoms with Gasteiger partial charge >= 0.3 is 0 Å². The van der Waals surface area contributed by atoms with Gasteiger partial charge in [0, 0.05) is 17.5 Å². The summed E-state index contributed by atoms with van der Waals surface area (Å²) in [4.78, 5) is 0. The molecule has 1 unspecified atom stereocenters. The van der Waals surface area contributed by atoms with Crippen LogP contribution in [0.3, 0.4) is 0 Å². The van der Waals surface area contributed by atoms with Crippen molar-refractivity contribution in [3.63, 3.8) is 0 Å². The molecule has 106 valence electrons. The Balaban J connectivity index is 2.25. The number of hydrogen-bond acceptors (Lipinski definition) is 1. The van der Waals surface area contributed by atoms with Gasteiger partial charge in [-0.05, 0) is 58.7 Å². The molecule has 1 atom stereocenters. The van der Waals surface area contributed by atoms with Gasteiger partial charge in [0.15, 0.2) is 0 Å². The molecule has 2 aromatic rings. The van der Waals surface area contributed by atoms with E-state index in [1.807, 2.05) is 43.4 Å². The van der Waals surface area contributed by atoms with Gasteiger partial charge in [-0.1, -0.05) is 35.9 Å². The molecule has 0 radical (unpaired) electrons. The summed E-state index contributed by atoms with van der Waals surface area (Å²) in [5, 5.41) is 3.97. The van der Waals surface area contributed by atoms with Crippen LogP contribution in [0.2, 0.25) is 5.02 Å². The van der Waals surface area contributed by atoms with Crippen LogP contribution in [0.5, 0.6) is 0 Å². The Morgan fingerprint density at radius 3 is 2.65 bits per heavy atom. The third kappa shape index (κ3) is 3.81. The van der Waals surface area contributed by atoms with Gasteiger partial charge in [-0.25, -0.2) is 4.39 Å². The maximum absolute atomic E-state index is 13.3. The molecule has 0 aliphatic heterocycles. The normalized spacial score (nSPS) is 12.4. The molecule has 1 nitrogen and oxygen atoms in total. The molecule has 0 aliphatic carbocycles. The molecule has 1 N–H and O–H groups in total. The Hall–Kier alpha value is -0.900. The standard InChI is InChI=1S/C16H16BrClFN/c1-20-10-12(13-4-2-3-5-15(13)18)8-11-6-7-16(19)14(17)9-11/h2-7,9,12,20H,8,10H2,1H3. The summed E-state index contributed by atoms with van der Waals surface area (Å²) in [7, 11) is 1.92. The zero-order valence-electron chi connectivity index (χ0n) is 11.2. The molecule has 0 spiro atoms. The molecule has 0 amide bonds. The first-order chi connectivity index (χ1) is 9.61. The molecule has 0 heterocycles. The van der Waals surface area contributed by atoms with Gasteiger partial charge in [-0.3, -0.25) is 0 Å². The van der Waals surface area contributed by atoms with Gasteiger partial charge in [0.25, 0.3) is 0 Å². The van der Waals surface area contributed by atoms with Crippen molar-refractivity contribution in [2.45, 2.75) is 12.3 Å². The van der Waals surface area contributed by atoms with Crippen molar-refractivity contribution >= 4 is 27.5 Å². The van der Waals surface area contributed by atoms with Crippen molar-refractivity contribution < 1.29 is 4.39 Å². The quantitative estimate of drug-likeness (QED) is 0.812. The monoisotopic (exact) mass is 355 g/mol. The summed E-state index contributed by atoms with van der Waals surface area (Å²) in [5.74, 6) is 0.0164. The molecule has 0 bridgehead atoms. The minimum Gasteiger partial charge on any atom is -0.319 e. The number of hydrogen-bond donors (Lipinski definition) is 1. The van der Waals surface area contributed by atoms with E-state index in [0.717, 1.165) is 29.1 Å². The highest BCUT2D eigenvalue weighted by Crippen LogP contribution is 2.28. The van der Waals surface area contributed by atoms with E-state index in [1.165, 1.54) is 6.07 Å². The summed E-state index contributed by atoms with van der Waals surface area (Å²) in [5.41, 5.74) is 2.20. The second-order valence-corrected chi connectivity index (χ2v) is 5.99. The molecular formula is C16H16BrClFN. The number of rotatable bonds is 5. The van der Waals surface area contributed by atoms with E-state index in [2.05, 4.69) is 21.2 Å². The lowest BCUT2D eigenvalue weighted by Gasteiger charge is -2.18. The summed E-state index contributed by atoms with van der Waals surface area (Å²) in [6.45, 7) is 0.818. The molecular weight excluding hydrogens is 341 g/mol. The third-order valence-electron chi connectivity index (χ3n) is 3.26. The minimum atomic E-state index is -0.239. The zero-order valence-corrected chi connectivity index (χ0v) is 13.5. The van der Waals surface area contributed by atoms with Gasteiger partial charge in [0.2, 0.25) is 0 Å². The molecule has 4 heteroatoms. The Labute approximate surface area is 132 Å². The highest BCUT2D eigenvalue weighted by molar-refractivity contribution is 9.10. The second-order valence-electron chi connectivity index (χ2n) is 4.73. The molecule has 0 fully saturated rings. The van der Waals surface area contributed by atoms with E-state index in [9.17, 15) is 4.39 Å². The first-order valence-electron chi connectivity index (χ1n) is 6.44. The average molecular weight is 357 g/mol. The van der Waals surface area contributed by atoms with E-state index in [-0.39, 0.29) is 11.7 Å². The first-order valence-corrected chi connectivity index (χ1v) is 7.62. The average Bonchev–Trinajstić information content (AvgIpc) is 2.43. The third-order valence-corrected chi connectivity index (χ3v) is 4.21. The van der Waals surface area contributed by atoms with Crippen molar-refractivity contribution in [2.24, 2.45) is 0 Å². The molecule has 20 heavy (non-hydrogen) atoms. The van der Waals surface area contributed by atoms with Crippen LogP contribution < -0.4 is 5.32 Å². The van der Waals surface area contributed by atoms with Crippen molar-refractivity contribution in [3.8, 4) is 0 Å². The summed E-state index contributed by atoms with van der Waals surface area (Å²) < 4.78 is 13.8. The molecule has 0 aliphatic rings. The van der Waals surface area contributed by atoms with Crippen molar-refractivity contribution in [1.29, 1.82) is 0 Å². The number of likely N-dealkylation sites (N-methyl/N-ethyl adjacent to an activating group) is 1. The van der Waals surface area contributed by atoms with E-state index in [4.69, 9.17) is 11.6 Å². The fraction of sp³-hybridized carbons (Fsp3) is 0.250. The lowest BCUT2D eigenvalue weighted by Crippen LogP contribution is -2.19. The highest BCUT2D eigenvalue weighted by atomic mass is 79.9. The topological polar surface area (TPSA) is 12.0 Å². The van der Waals surface area contributed by atoms with E-state index in [0.29, 0.717) is 4.47 Å². The van der Waals surface area contributed by atoms with Crippen LogP contribution in [0.25, 0.3) is 0 Å². The SMILES string of the molecule is CNCC(Cc1ccc(F)c(Br)c1)c1ccccc1Cl. The van der Waals surface area contributed by atoms with Gasteiger partial charge in [-0.2, -0.15) is 0 Å². The van der Waals surface area contributed by atoms with Crippen molar-refractivity contribution in [3.05, 3.63) is 68.9 Å². The van der Waals surface area contributed by atoms with Gasteiger partial charge < -0.3 is 5.32 Å². The smallest absolute Gasteiger partial charge is 0.137 e. The van der Waals surface area contributed by atoms with Crippen LogP contribution in [-0.2, 0) is 6.42 Å². The highest BCUT2D eigenvalue weighted by Gasteiger charge is 2.15. The fourth-order valence-corrected chi connectivity index (χ4v) is 3.01. The van der Waals surface area contributed by atoms with Crippen LogP contribution in [0.4, 0.5) is 4.39 Å². The zero-order chi connectivity index (χ0) is 14.5. The van der Waals surface area contributed by atoms with Crippen LogP contribution in [0, 0.1) is 5.82 Å². The Bertz CT molecular complexity index is 588. The van der Waals surface area contributed by atoms with Crippen LogP contribution in [0.1, 0.15) is 17.0 Å². The van der Waals surface area contributed by atoms with Crippen molar-refractivity contribution in [2.75, 3.05) is 13.6 Å². The van der Waals surface area contributed by atoms with Crippen LogP contribution in [0.15, 0.2) is 46.9 Å². The van der Waals surface area contributed by atoms with Gasteiger partial charge in [0.1, 0.15) is 5.82 Å². The first kappa shape index (κ1) is 15.5. The number of halogens is 3. The van der Waals surface area contributed by atoms with Gasteiger partial charge in [-0.15, -0.1) is 0 Å². The van der Waals surface area contributed by atoms with Gasteiger partial charge in [0.05, 0.1) is 4.47 Å². The number of benzene rings is 2. The molecule has 0 saturated carbocycles. The molecule has 2 rings (SSSR count). The predicted octanol–water partition coefficient (Wildman–Crippen LogP) is 4.79. The molecule has 0 saturated heterocycles.